The summed E-state index contributed by atoms with van der Waals surface area (Å²) >= 11 is 0. The minimum Gasteiger partial charge on any atom is -0.465 e. The maximum Gasteiger partial charge on any atom is 0.339 e. The van der Waals surface area contributed by atoms with Crippen LogP contribution in [0.25, 0.3) is 5.69 Å². The van der Waals surface area contributed by atoms with Crippen molar-refractivity contribution in [1.29, 1.82) is 0 Å². The van der Waals surface area contributed by atoms with Gasteiger partial charge in [-0.25, -0.2) is 14.2 Å². The second-order valence-corrected chi connectivity index (χ2v) is 8.03. The fraction of sp³-hybridized carbons (Fsp3) is 0.192. The van der Waals surface area contributed by atoms with Crippen molar-refractivity contribution in [3.8, 4) is 5.69 Å². The molecule has 168 valence electrons. The zero-order valence-corrected chi connectivity index (χ0v) is 18.7. The summed E-state index contributed by atoms with van der Waals surface area (Å²) in [4.78, 5) is 29.7. The van der Waals surface area contributed by atoms with Crippen LogP contribution in [0.4, 0.5) is 4.39 Å². The first-order valence-electron chi connectivity index (χ1n) is 10.5. The highest BCUT2D eigenvalue weighted by atomic mass is 19.1. The van der Waals surface area contributed by atoms with Gasteiger partial charge in [-0.1, -0.05) is 24.3 Å². The van der Waals surface area contributed by atoms with Crippen molar-refractivity contribution >= 4 is 5.97 Å². The fourth-order valence-corrected chi connectivity index (χ4v) is 3.85. The van der Waals surface area contributed by atoms with E-state index in [1.54, 1.807) is 24.5 Å². The summed E-state index contributed by atoms with van der Waals surface area (Å²) in [6, 6.07) is 13.5. The number of carbonyl (C=O) groups is 1. The van der Waals surface area contributed by atoms with Crippen molar-refractivity contribution in [2.75, 3.05) is 7.11 Å². The summed E-state index contributed by atoms with van der Waals surface area (Å²) in [7, 11) is 1.30. The lowest BCUT2D eigenvalue weighted by atomic mass is 10.0. The molecule has 0 spiro atoms. The van der Waals surface area contributed by atoms with Crippen LogP contribution in [0.3, 0.4) is 0 Å². The van der Waals surface area contributed by atoms with E-state index in [1.165, 1.54) is 30.0 Å². The Kier molecular flexibility index (Phi) is 6.22. The molecule has 0 bridgehead atoms. The lowest BCUT2D eigenvalue weighted by Crippen LogP contribution is -2.26. The van der Waals surface area contributed by atoms with Gasteiger partial charge < -0.3 is 13.9 Å². The van der Waals surface area contributed by atoms with Crippen LogP contribution in [0.15, 0.2) is 72.0 Å². The van der Waals surface area contributed by atoms with Gasteiger partial charge in [0.1, 0.15) is 5.82 Å². The first kappa shape index (κ1) is 22.2. The summed E-state index contributed by atoms with van der Waals surface area (Å²) in [5, 5.41) is 0. The van der Waals surface area contributed by atoms with Gasteiger partial charge in [-0.3, -0.25) is 4.79 Å². The van der Waals surface area contributed by atoms with Gasteiger partial charge >= 0.3 is 5.97 Å². The van der Waals surface area contributed by atoms with Gasteiger partial charge in [0.05, 0.1) is 31.2 Å². The van der Waals surface area contributed by atoms with Crippen LogP contribution in [0.2, 0.25) is 0 Å². The Morgan fingerprint density at radius 1 is 1.03 bits per heavy atom. The summed E-state index contributed by atoms with van der Waals surface area (Å²) in [6.45, 7) is 4.16. The molecule has 0 aliphatic carbocycles. The number of methoxy groups -OCH3 is 1. The number of nitrogens with zero attached hydrogens (tertiary/aromatic N) is 3. The van der Waals surface area contributed by atoms with Crippen molar-refractivity contribution in [3.63, 3.8) is 0 Å². The molecule has 2 aromatic carbocycles. The monoisotopic (exact) mass is 445 g/mol. The lowest BCUT2D eigenvalue weighted by molar-refractivity contribution is 0.0599. The van der Waals surface area contributed by atoms with Gasteiger partial charge in [0, 0.05) is 30.1 Å². The average molecular weight is 445 g/mol. The van der Waals surface area contributed by atoms with Crippen molar-refractivity contribution < 1.29 is 13.9 Å². The van der Waals surface area contributed by atoms with Crippen LogP contribution < -0.4 is 5.56 Å². The van der Waals surface area contributed by atoms with E-state index in [1.807, 2.05) is 42.8 Å². The van der Waals surface area contributed by atoms with E-state index >= 15 is 0 Å². The molecule has 4 aromatic rings. The number of benzene rings is 2. The number of carbonyl (C=O) groups excluding carboxylic acids is 1. The van der Waals surface area contributed by atoms with E-state index in [0.29, 0.717) is 12.0 Å². The third kappa shape index (κ3) is 4.92. The normalized spacial score (nSPS) is 10.9. The average Bonchev–Trinajstić information content (AvgIpc) is 3.23. The first-order chi connectivity index (χ1) is 15.8. The highest BCUT2D eigenvalue weighted by Gasteiger charge is 2.14. The molecule has 2 aromatic heterocycles. The zero-order chi connectivity index (χ0) is 23.5. The number of hydrogen-bond acceptors (Lipinski definition) is 4. The van der Waals surface area contributed by atoms with Crippen LogP contribution in [0.1, 0.15) is 38.3 Å². The highest BCUT2D eigenvalue weighted by Crippen LogP contribution is 2.19. The number of hydrogen-bond donors (Lipinski definition) is 0. The second-order valence-electron chi connectivity index (χ2n) is 8.03. The topological polar surface area (TPSA) is 66.1 Å². The maximum atomic E-state index is 13.3. The molecular formula is C26H24FN3O3. The third-order valence-corrected chi connectivity index (χ3v) is 5.49. The Bertz CT molecular complexity index is 1370. The molecule has 7 heteroatoms. The summed E-state index contributed by atoms with van der Waals surface area (Å²) < 4.78 is 21.6. The summed E-state index contributed by atoms with van der Waals surface area (Å²) in [5.74, 6) is -0.870. The van der Waals surface area contributed by atoms with Crippen molar-refractivity contribution in [1.82, 2.24) is 14.1 Å². The number of aromatic nitrogens is 3. The molecule has 0 N–H and O–H groups in total. The zero-order valence-electron chi connectivity index (χ0n) is 18.7. The SMILES string of the molecule is COC(=O)c1cc(Cc2ccc(-n3cnc(C)c3)c(C)c2)c(=O)n(Cc2ccc(F)cc2)c1. The number of esters is 1. The summed E-state index contributed by atoms with van der Waals surface area (Å²) in [6.07, 6.45) is 5.56. The standard InChI is InChI=1S/C26H24FN3O3/c1-17-10-20(6-9-24(17)30-13-18(2)28-16-30)11-21-12-22(26(32)33-3)15-29(25(21)31)14-19-4-7-23(27)8-5-19/h4-10,12-13,15-16H,11,14H2,1-3H3. The molecule has 0 fully saturated rings. The largest absolute Gasteiger partial charge is 0.465 e. The molecular weight excluding hydrogens is 421 g/mol. The maximum absolute atomic E-state index is 13.3. The molecule has 0 aliphatic heterocycles. The van der Waals surface area contributed by atoms with Gasteiger partial charge in [0.2, 0.25) is 0 Å². The smallest absolute Gasteiger partial charge is 0.339 e. The predicted molar refractivity (Wildman–Crippen MR) is 123 cm³/mol. The Morgan fingerprint density at radius 2 is 1.76 bits per heavy atom. The molecule has 4 rings (SSSR count). The van der Waals surface area contributed by atoms with E-state index in [-0.39, 0.29) is 23.5 Å². The third-order valence-electron chi connectivity index (χ3n) is 5.49. The van der Waals surface area contributed by atoms with Crippen LogP contribution in [-0.4, -0.2) is 27.2 Å². The van der Waals surface area contributed by atoms with E-state index in [2.05, 4.69) is 4.98 Å². The van der Waals surface area contributed by atoms with Gasteiger partial charge in [-0.15, -0.1) is 0 Å². The second kappa shape index (κ2) is 9.24. The predicted octanol–water partition coefficient (Wildman–Crippen LogP) is 4.22. The highest BCUT2D eigenvalue weighted by molar-refractivity contribution is 5.89. The Labute approximate surface area is 190 Å². The number of halogens is 1. The van der Waals surface area contributed by atoms with Gasteiger partial charge in [0.25, 0.3) is 5.56 Å². The van der Waals surface area contributed by atoms with Crippen molar-refractivity contribution in [2.24, 2.45) is 0 Å². The van der Waals surface area contributed by atoms with Gasteiger partial charge in [-0.05, 0) is 54.8 Å². The number of rotatable bonds is 6. The van der Waals surface area contributed by atoms with Crippen molar-refractivity contribution in [2.45, 2.75) is 26.8 Å². The van der Waals surface area contributed by atoms with Gasteiger partial charge in [-0.2, -0.15) is 0 Å². The van der Waals surface area contributed by atoms with E-state index in [4.69, 9.17) is 4.74 Å². The molecule has 33 heavy (non-hydrogen) atoms. The van der Waals surface area contributed by atoms with E-state index in [0.717, 1.165) is 28.1 Å². The van der Waals surface area contributed by atoms with Crippen LogP contribution in [-0.2, 0) is 17.7 Å². The minimum absolute atomic E-state index is 0.209. The lowest BCUT2D eigenvalue weighted by Gasteiger charge is -2.13. The number of ether oxygens (including phenoxy) is 1. The van der Waals surface area contributed by atoms with E-state index in [9.17, 15) is 14.0 Å². The molecule has 0 unspecified atom stereocenters. The molecule has 0 saturated heterocycles. The number of aryl methyl sites for hydroxylation is 2. The Hall–Kier alpha value is -4.00. The first-order valence-corrected chi connectivity index (χ1v) is 10.5. The van der Waals surface area contributed by atoms with Crippen LogP contribution in [0.5, 0.6) is 0 Å². The molecule has 0 saturated carbocycles. The minimum atomic E-state index is -0.522. The number of pyridine rings is 1. The van der Waals surface area contributed by atoms with Crippen molar-refractivity contribution in [3.05, 3.63) is 117 Å². The molecule has 0 aliphatic rings. The Morgan fingerprint density at radius 3 is 2.39 bits per heavy atom. The Balaban J connectivity index is 1.69. The quantitative estimate of drug-likeness (QED) is 0.417. The molecule has 0 radical (unpaired) electrons. The van der Waals surface area contributed by atoms with Crippen LogP contribution in [0, 0.1) is 19.7 Å². The molecule has 0 amide bonds. The molecule has 0 atom stereocenters. The van der Waals surface area contributed by atoms with Crippen LogP contribution >= 0.6 is 0 Å². The molecule has 2 heterocycles. The molecule has 6 nitrogen and oxygen atoms in total. The van der Waals surface area contributed by atoms with Gasteiger partial charge in [0.15, 0.2) is 0 Å². The summed E-state index contributed by atoms with van der Waals surface area (Å²) in [5.41, 5.74) is 5.24. The number of imidazole rings is 1. The fourth-order valence-electron chi connectivity index (χ4n) is 3.85. The van der Waals surface area contributed by atoms with E-state index < -0.39 is 5.97 Å².